The minimum atomic E-state index is -0.0362. The zero-order valence-electron chi connectivity index (χ0n) is 14.6. The Hall–Kier alpha value is -2.75. The maximum absolute atomic E-state index is 12.9. The number of aromatic nitrogens is 3. The summed E-state index contributed by atoms with van der Waals surface area (Å²) in [5.41, 5.74) is 4.76. The van der Waals surface area contributed by atoms with Gasteiger partial charge in [0.1, 0.15) is 0 Å². The lowest BCUT2D eigenvalue weighted by Gasteiger charge is -2.27. The Morgan fingerprint density at radius 2 is 1.76 bits per heavy atom. The summed E-state index contributed by atoms with van der Waals surface area (Å²) in [7, 11) is 0. The highest BCUT2D eigenvalue weighted by Crippen LogP contribution is 2.39. The van der Waals surface area contributed by atoms with E-state index in [9.17, 15) is 4.79 Å². The first-order valence-corrected chi connectivity index (χ1v) is 8.61. The van der Waals surface area contributed by atoms with Gasteiger partial charge in [0, 0.05) is 24.4 Å². The van der Waals surface area contributed by atoms with Gasteiger partial charge in [-0.15, -0.1) is 0 Å². The SMILES string of the molecule is CC1(C)CC(=O)c2c(nn(Cc3ccccc3)c2-c2ccncc2)C1. The third kappa shape index (κ3) is 3.00. The van der Waals surface area contributed by atoms with Crippen LogP contribution in [0.5, 0.6) is 0 Å². The Morgan fingerprint density at radius 3 is 2.48 bits per heavy atom. The molecule has 0 amide bonds. The minimum absolute atomic E-state index is 0.0362. The van der Waals surface area contributed by atoms with E-state index in [2.05, 4.69) is 31.0 Å². The highest BCUT2D eigenvalue weighted by Gasteiger charge is 2.36. The highest BCUT2D eigenvalue weighted by molar-refractivity contribution is 6.04. The molecule has 3 aromatic rings. The maximum atomic E-state index is 12.9. The summed E-state index contributed by atoms with van der Waals surface area (Å²) in [6.45, 7) is 4.92. The number of Topliss-reactive ketones (excluding diaryl/α,β-unsaturated/α-hetero) is 1. The number of nitrogens with zero attached hydrogens (tertiary/aromatic N) is 3. The first kappa shape index (κ1) is 15.8. The van der Waals surface area contributed by atoms with Gasteiger partial charge in [0.15, 0.2) is 5.78 Å². The van der Waals surface area contributed by atoms with Gasteiger partial charge in [-0.25, -0.2) is 0 Å². The van der Waals surface area contributed by atoms with E-state index in [4.69, 9.17) is 5.10 Å². The molecular weight excluding hydrogens is 310 g/mol. The molecule has 0 saturated heterocycles. The van der Waals surface area contributed by atoms with Crippen molar-refractivity contribution in [1.29, 1.82) is 0 Å². The zero-order chi connectivity index (χ0) is 17.4. The van der Waals surface area contributed by atoms with Gasteiger partial charge in [0.25, 0.3) is 0 Å². The van der Waals surface area contributed by atoms with Gasteiger partial charge in [-0.1, -0.05) is 44.2 Å². The van der Waals surface area contributed by atoms with E-state index < -0.39 is 0 Å². The molecule has 0 saturated carbocycles. The van der Waals surface area contributed by atoms with Crippen LogP contribution in [0.25, 0.3) is 11.3 Å². The van der Waals surface area contributed by atoms with Crippen LogP contribution in [0.4, 0.5) is 0 Å². The lowest BCUT2D eigenvalue weighted by molar-refractivity contribution is 0.0912. The summed E-state index contributed by atoms with van der Waals surface area (Å²) in [5, 5.41) is 4.84. The molecule has 0 fully saturated rings. The van der Waals surface area contributed by atoms with E-state index in [0.717, 1.165) is 28.9 Å². The summed E-state index contributed by atoms with van der Waals surface area (Å²) in [4.78, 5) is 17.0. The van der Waals surface area contributed by atoms with Gasteiger partial charge in [0.2, 0.25) is 0 Å². The van der Waals surface area contributed by atoms with Gasteiger partial charge in [-0.05, 0) is 29.5 Å². The van der Waals surface area contributed by atoms with Crippen LogP contribution >= 0.6 is 0 Å². The molecule has 0 radical (unpaired) electrons. The summed E-state index contributed by atoms with van der Waals surface area (Å²) >= 11 is 0. The molecule has 2 heterocycles. The van der Waals surface area contributed by atoms with Crippen molar-refractivity contribution < 1.29 is 4.79 Å². The summed E-state index contributed by atoms with van der Waals surface area (Å²) in [5.74, 6) is 0.192. The van der Waals surface area contributed by atoms with Crippen LogP contribution in [0.2, 0.25) is 0 Å². The van der Waals surface area contributed by atoms with Crippen molar-refractivity contribution in [3.05, 3.63) is 71.7 Å². The van der Waals surface area contributed by atoms with Crippen molar-refractivity contribution in [3.8, 4) is 11.3 Å². The largest absolute Gasteiger partial charge is 0.294 e. The number of carbonyl (C=O) groups is 1. The number of pyridine rings is 1. The maximum Gasteiger partial charge on any atom is 0.167 e. The van der Waals surface area contributed by atoms with Crippen LogP contribution in [0.15, 0.2) is 54.9 Å². The summed E-state index contributed by atoms with van der Waals surface area (Å²) in [6.07, 6.45) is 4.92. The Kier molecular flexibility index (Phi) is 3.75. The molecule has 0 spiro atoms. The van der Waals surface area contributed by atoms with Gasteiger partial charge >= 0.3 is 0 Å². The molecule has 0 unspecified atom stereocenters. The van der Waals surface area contributed by atoms with E-state index in [1.54, 1.807) is 12.4 Å². The van der Waals surface area contributed by atoms with Gasteiger partial charge < -0.3 is 0 Å². The molecule has 0 aliphatic heterocycles. The van der Waals surface area contributed by atoms with Crippen molar-refractivity contribution in [3.63, 3.8) is 0 Å². The molecule has 1 aliphatic rings. The fourth-order valence-corrected chi connectivity index (χ4v) is 3.64. The lowest BCUT2D eigenvalue weighted by atomic mass is 9.75. The van der Waals surface area contributed by atoms with Crippen molar-refractivity contribution >= 4 is 5.78 Å². The van der Waals surface area contributed by atoms with Crippen LogP contribution in [0.3, 0.4) is 0 Å². The van der Waals surface area contributed by atoms with Crippen LogP contribution in [0.1, 0.15) is 41.9 Å². The van der Waals surface area contributed by atoms with E-state index >= 15 is 0 Å². The molecule has 4 rings (SSSR count). The Labute approximate surface area is 147 Å². The number of rotatable bonds is 3. The first-order valence-electron chi connectivity index (χ1n) is 8.61. The van der Waals surface area contributed by atoms with Crippen molar-refractivity contribution in [2.24, 2.45) is 5.41 Å². The second-order valence-electron chi connectivity index (χ2n) is 7.49. The Bertz CT molecular complexity index is 911. The number of fused-ring (bicyclic) bond motifs is 1. The molecule has 1 aliphatic carbocycles. The second-order valence-corrected chi connectivity index (χ2v) is 7.49. The number of hydrogen-bond acceptors (Lipinski definition) is 3. The third-order valence-corrected chi connectivity index (χ3v) is 4.72. The quantitative estimate of drug-likeness (QED) is 0.724. The smallest absolute Gasteiger partial charge is 0.167 e. The van der Waals surface area contributed by atoms with Crippen molar-refractivity contribution in [2.45, 2.75) is 33.2 Å². The molecular formula is C21H21N3O. The fourth-order valence-electron chi connectivity index (χ4n) is 3.64. The zero-order valence-corrected chi connectivity index (χ0v) is 14.6. The van der Waals surface area contributed by atoms with Crippen LogP contribution in [-0.4, -0.2) is 20.5 Å². The number of benzene rings is 1. The average Bonchev–Trinajstić information content (AvgIpc) is 2.93. The number of carbonyl (C=O) groups excluding carboxylic acids is 1. The van der Waals surface area contributed by atoms with Gasteiger partial charge in [-0.3, -0.25) is 14.5 Å². The third-order valence-electron chi connectivity index (χ3n) is 4.72. The molecule has 25 heavy (non-hydrogen) atoms. The Balaban J connectivity index is 1.88. The normalized spacial score (nSPS) is 15.8. The van der Waals surface area contributed by atoms with Crippen LogP contribution < -0.4 is 0 Å². The standard InChI is InChI=1S/C21H21N3O/c1-21(2)12-17-19(18(25)13-21)20(16-8-10-22-11-9-16)24(23-17)14-15-6-4-3-5-7-15/h3-11H,12-14H2,1-2H3. The number of ketones is 1. The average molecular weight is 331 g/mol. The molecule has 4 nitrogen and oxygen atoms in total. The van der Waals surface area contributed by atoms with E-state index in [1.165, 1.54) is 5.56 Å². The first-order chi connectivity index (χ1) is 12.0. The molecule has 4 heteroatoms. The van der Waals surface area contributed by atoms with E-state index in [1.807, 2.05) is 35.0 Å². The highest BCUT2D eigenvalue weighted by atomic mass is 16.1. The van der Waals surface area contributed by atoms with E-state index in [0.29, 0.717) is 13.0 Å². The summed E-state index contributed by atoms with van der Waals surface area (Å²) < 4.78 is 1.98. The van der Waals surface area contributed by atoms with Crippen molar-refractivity contribution in [2.75, 3.05) is 0 Å². The predicted octanol–water partition coefficient (Wildman–Crippen LogP) is 4.15. The lowest BCUT2D eigenvalue weighted by Crippen LogP contribution is -2.26. The topological polar surface area (TPSA) is 47.8 Å². The van der Waals surface area contributed by atoms with Crippen molar-refractivity contribution in [1.82, 2.24) is 14.8 Å². The number of hydrogen-bond donors (Lipinski definition) is 0. The molecule has 0 bridgehead atoms. The molecule has 1 aromatic carbocycles. The monoisotopic (exact) mass is 331 g/mol. The second kappa shape index (κ2) is 5.96. The summed E-state index contributed by atoms with van der Waals surface area (Å²) in [6, 6.07) is 14.1. The van der Waals surface area contributed by atoms with Crippen LogP contribution in [0, 0.1) is 5.41 Å². The Morgan fingerprint density at radius 1 is 1.04 bits per heavy atom. The van der Waals surface area contributed by atoms with E-state index in [-0.39, 0.29) is 11.2 Å². The fraction of sp³-hybridized carbons (Fsp3) is 0.286. The molecule has 126 valence electrons. The van der Waals surface area contributed by atoms with Crippen LogP contribution in [-0.2, 0) is 13.0 Å². The minimum Gasteiger partial charge on any atom is -0.294 e. The molecule has 2 aromatic heterocycles. The van der Waals surface area contributed by atoms with Gasteiger partial charge in [-0.2, -0.15) is 5.10 Å². The molecule has 0 N–H and O–H groups in total. The predicted molar refractivity (Wildman–Crippen MR) is 97.4 cm³/mol. The van der Waals surface area contributed by atoms with Gasteiger partial charge in [0.05, 0.1) is 23.5 Å². The molecule has 0 atom stereocenters.